The molecule has 0 aliphatic carbocycles. The fourth-order valence-corrected chi connectivity index (χ4v) is 4.61. The Hall–Kier alpha value is -3.10. The van der Waals surface area contributed by atoms with Crippen LogP contribution in [0.3, 0.4) is 0 Å². The average molecular weight is 497 g/mol. The zero-order valence-electron chi connectivity index (χ0n) is 18.0. The normalized spacial score (nSPS) is 12.0. The molecule has 1 aromatic heterocycles. The molecule has 0 spiro atoms. The number of aromatic nitrogens is 2. The van der Waals surface area contributed by atoms with Crippen LogP contribution in [0.2, 0.25) is 0 Å². The highest BCUT2D eigenvalue weighted by molar-refractivity contribution is 8.01. The van der Waals surface area contributed by atoms with Crippen molar-refractivity contribution in [2.24, 2.45) is 16.1 Å². The maximum absolute atomic E-state index is 12.3. The lowest BCUT2D eigenvalue weighted by Crippen LogP contribution is -2.31. The Morgan fingerprint density at radius 1 is 1.30 bits per heavy atom. The van der Waals surface area contributed by atoms with Crippen LogP contribution in [-0.4, -0.2) is 57.2 Å². The number of carbonyl (C=O) groups excluding carboxylic acids is 1. The summed E-state index contributed by atoms with van der Waals surface area (Å²) in [6, 6.07) is 1.77. The lowest BCUT2D eigenvalue weighted by molar-refractivity contribution is -0.138. The first-order valence-electron chi connectivity index (χ1n) is 9.87. The first-order chi connectivity index (χ1) is 15.8. The number of carboxylic acid groups (broad SMARTS) is 2. The second-order valence-corrected chi connectivity index (χ2v) is 8.98. The number of carboxylic acids is 2. The molecule has 0 bridgehead atoms. The van der Waals surface area contributed by atoms with Gasteiger partial charge >= 0.3 is 11.9 Å². The summed E-state index contributed by atoms with van der Waals surface area (Å²) >= 11 is 2.79. The number of hydrogen-bond donors (Lipinski definition) is 4. The number of nitrogens with zero attached hydrogens (tertiary/aromatic N) is 4. The Balaban J connectivity index is 2.38. The Morgan fingerprint density at radius 2 is 2.06 bits per heavy atom. The van der Waals surface area contributed by atoms with Crippen molar-refractivity contribution in [2.75, 3.05) is 18.2 Å². The fourth-order valence-electron chi connectivity index (χ4n) is 2.58. The van der Waals surface area contributed by atoms with Crippen molar-refractivity contribution in [1.82, 2.24) is 10.2 Å². The van der Waals surface area contributed by atoms with Gasteiger partial charge in [-0.2, -0.15) is 0 Å². The molecule has 1 atom stereocenters. The van der Waals surface area contributed by atoms with E-state index in [-0.39, 0.29) is 35.3 Å². The number of amides is 1. The molecule has 178 valence electrons. The molecule has 12 nitrogen and oxygen atoms in total. The van der Waals surface area contributed by atoms with Crippen molar-refractivity contribution in [3.05, 3.63) is 17.7 Å². The molecule has 0 fully saturated rings. The topological polar surface area (TPSA) is 189 Å². The predicted octanol–water partition coefficient (Wildman–Crippen LogP) is 3.57. The molecule has 0 radical (unpaired) electrons. The van der Waals surface area contributed by atoms with E-state index in [1.165, 1.54) is 30.6 Å². The average Bonchev–Trinajstić information content (AvgIpc) is 3.24. The van der Waals surface area contributed by atoms with Crippen LogP contribution in [0.4, 0.5) is 11.4 Å². The number of aromatic carboxylic acids is 1. The highest BCUT2D eigenvalue weighted by atomic mass is 32.2. The number of rotatable bonds is 13. The van der Waals surface area contributed by atoms with Gasteiger partial charge in [-0.25, -0.2) is 4.79 Å². The van der Waals surface area contributed by atoms with Gasteiger partial charge in [0.25, 0.3) is 0 Å². The number of aliphatic carboxylic acids is 1. The number of anilines is 1. The number of nitrogens with two attached hydrogens (primary N) is 1. The summed E-state index contributed by atoms with van der Waals surface area (Å²) in [5.41, 5.74) is 5.36. The lowest BCUT2D eigenvalue weighted by atomic mass is 10.0. The number of unbranched alkanes of at least 4 members (excludes halogenated alkanes) is 1. The first-order valence-corrected chi connectivity index (χ1v) is 11.7. The summed E-state index contributed by atoms with van der Waals surface area (Å²) in [4.78, 5) is 39.9. The summed E-state index contributed by atoms with van der Waals surface area (Å²) < 4.78 is 0.710. The zero-order valence-corrected chi connectivity index (χ0v) is 19.6. The van der Waals surface area contributed by atoms with E-state index in [1.54, 1.807) is 11.8 Å². The molecular formula is C19H24N6O6S2. The van der Waals surface area contributed by atoms with E-state index < -0.39 is 23.9 Å². The van der Waals surface area contributed by atoms with E-state index in [9.17, 15) is 19.5 Å². The smallest absolute Gasteiger partial charge is 0.338 e. The molecule has 0 saturated heterocycles. The summed E-state index contributed by atoms with van der Waals surface area (Å²) in [6.07, 6.45) is 1.79. The molecule has 0 saturated carbocycles. The number of carbonyl (C=O) groups is 3. The molecule has 14 heteroatoms. The van der Waals surface area contributed by atoms with Crippen LogP contribution in [0.15, 0.2) is 26.9 Å². The Morgan fingerprint density at radius 3 is 2.70 bits per heavy atom. The van der Waals surface area contributed by atoms with Crippen molar-refractivity contribution in [3.8, 4) is 10.6 Å². The molecule has 33 heavy (non-hydrogen) atoms. The van der Waals surface area contributed by atoms with Crippen LogP contribution < -0.4 is 11.1 Å². The van der Waals surface area contributed by atoms with E-state index in [0.29, 0.717) is 9.35 Å². The minimum atomic E-state index is -1.31. The van der Waals surface area contributed by atoms with Crippen LogP contribution in [0.5, 0.6) is 0 Å². The summed E-state index contributed by atoms with van der Waals surface area (Å²) in [5.74, 6) is -2.22. The largest absolute Gasteiger partial charge is 0.480 e. The molecule has 1 unspecified atom stereocenters. The van der Waals surface area contributed by atoms with Gasteiger partial charge in [-0.3, -0.25) is 9.59 Å². The summed E-state index contributed by atoms with van der Waals surface area (Å²) in [5, 5.41) is 37.1. The maximum Gasteiger partial charge on any atom is 0.338 e. The second-order valence-electron chi connectivity index (χ2n) is 6.66. The Bertz CT molecular complexity index is 1030. The molecule has 1 aromatic carbocycles. The lowest BCUT2D eigenvalue weighted by Gasteiger charge is -2.13. The second kappa shape index (κ2) is 12.8. The minimum Gasteiger partial charge on any atom is -0.480 e. The van der Waals surface area contributed by atoms with Gasteiger partial charge in [-0.15, -0.1) is 15.3 Å². The van der Waals surface area contributed by atoms with Gasteiger partial charge in [-0.1, -0.05) is 36.4 Å². The van der Waals surface area contributed by atoms with E-state index in [2.05, 4.69) is 37.7 Å². The quantitative estimate of drug-likeness (QED) is 0.138. The minimum absolute atomic E-state index is 0.0629. The van der Waals surface area contributed by atoms with Gasteiger partial charge in [-0.05, 0) is 25.0 Å². The van der Waals surface area contributed by atoms with Gasteiger partial charge in [0.2, 0.25) is 5.91 Å². The predicted molar refractivity (Wildman–Crippen MR) is 123 cm³/mol. The van der Waals surface area contributed by atoms with E-state index in [4.69, 9.17) is 10.8 Å². The number of hydrogen-bond acceptors (Lipinski definition) is 11. The van der Waals surface area contributed by atoms with Crippen LogP contribution in [0.1, 0.15) is 43.0 Å². The van der Waals surface area contributed by atoms with Gasteiger partial charge in [0.15, 0.2) is 4.34 Å². The summed E-state index contributed by atoms with van der Waals surface area (Å²) in [7, 11) is 1.24. The molecular weight excluding hydrogens is 472 g/mol. The van der Waals surface area contributed by atoms with E-state index in [0.717, 1.165) is 18.6 Å². The molecule has 1 amide bonds. The van der Waals surface area contributed by atoms with Crippen molar-refractivity contribution < 1.29 is 29.4 Å². The molecule has 0 aliphatic heterocycles. The van der Waals surface area contributed by atoms with Crippen LogP contribution in [0.25, 0.3) is 10.6 Å². The molecule has 2 aromatic rings. The third kappa shape index (κ3) is 7.47. The zero-order chi connectivity index (χ0) is 24.4. The van der Waals surface area contributed by atoms with Crippen LogP contribution in [0, 0.1) is 0 Å². The fraction of sp³-hybridized carbons (Fsp3) is 0.421. The van der Waals surface area contributed by atoms with Crippen molar-refractivity contribution in [3.63, 3.8) is 0 Å². The first kappa shape index (κ1) is 26.2. The van der Waals surface area contributed by atoms with Crippen molar-refractivity contribution >= 4 is 52.3 Å². The van der Waals surface area contributed by atoms with Gasteiger partial charge in [0, 0.05) is 23.0 Å². The van der Waals surface area contributed by atoms with E-state index >= 15 is 0 Å². The monoisotopic (exact) mass is 496 g/mol. The maximum atomic E-state index is 12.3. The SMILES string of the molecule is CCCCSc1nnc(-c2ccc(NC(=O)CCC(N)C(=O)O)c(N=NOC)c2C(=O)O)s1. The Kier molecular flexibility index (Phi) is 10.2. The highest BCUT2D eigenvalue weighted by Gasteiger charge is 2.24. The van der Waals surface area contributed by atoms with Gasteiger partial charge < -0.3 is 26.1 Å². The molecule has 2 rings (SSSR count). The Labute approximate surface area is 197 Å². The summed E-state index contributed by atoms with van der Waals surface area (Å²) in [6.45, 7) is 2.09. The highest BCUT2D eigenvalue weighted by Crippen LogP contribution is 2.39. The van der Waals surface area contributed by atoms with Crippen molar-refractivity contribution in [2.45, 2.75) is 43.0 Å². The number of nitrogens with one attached hydrogen (secondary N) is 1. The van der Waals surface area contributed by atoms with Crippen LogP contribution >= 0.6 is 23.1 Å². The van der Waals surface area contributed by atoms with Gasteiger partial charge in [0.05, 0.1) is 11.3 Å². The van der Waals surface area contributed by atoms with Crippen LogP contribution in [-0.2, 0) is 14.4 Å². The van der Waals surface area contributed by atoms with Crippen molar-refractivity contribution in [1.29, 1.82) is 0 Å². The standard InChI is InChI=1S/C19H24N6O6S2/c1-3-4-9-32-19-24-23-16(33-19)10-5-7-12(15(22-25-31-2)14(10)18(29)30)21-13(26)8-6-11(20)17(27)28/h5,7,11H,3-4,6,8-9,20H2,1-2H3,(H,21,26)(H,27,28)(H,29,30). The van der Waals surface area contributed by atoms with Gasteiger partial charge in [0.1, 0.15) is 23.8 Å². The number of thioether (sulfide) groups is 1. The molecule has 5 N–H and O–H groups in total. The van der Waals surface area contributed by atoms with E-state index in [1.807, 2.05) is 0 Å². The molecule has 1 heterocycles. The third-order valence-electron chi connectivity index (χ3n) is 4.25. The number of benzene rings is 1. The molecule has 0 aliphatic rings. The third-order valence-corrected chi connectivity index (χ3v) is 6.42.